The highest BCUT2D eigenvalue weighted by atomic mass is 16.6. The van der Waals surface area contributed by atoms with E-state index in [-0.39, 0.29) is 11.6 Å². The Balaban J connectivity index is 1.60. The molecule has 0 unspecified atom stereocenters. The highest BCUT2D eigenvalue weighted by Crippen LogP contribution is 2.38. The van der Waals surface area contributed by atoms with Gasteiger partial charge in [0.2, 0.25) is 0 Å². The van der Waals surface area contributed by atoms with Crippen LogP contribution >= 0.6 is 0 Å². The summed E-state index contributed by atoms with van der Waals surface area (Å²) in [6.07, 6.45) is 5.37. The van der Waals surface area contributed by atoms with Gasteiger partial charge in [-0.1, -0.05) is 36.4 Å². The molecule has 0 bridgehead atoms. The Kier molecular flexibility index (Phi) is 6.22. The van der Waals surface area contributed by atoms with Gasteiger partial charge in [-0.15, -0.1) is 0 Å². The standard InChI is InChI=1S/C26H22N2O5/c1-32-24-15-12-19(16-25(24)33-2)17-27-23-9-4-3-7-21(23)22(26(27)29)8-5-6-18-10-13-20(14-11-18)28(30)31/h3-16H,17H2,1-2H3/b6-5+,22-8-. The van der Waals surface area contributed by atoms with Gasteiger partial charge in [-0.25, -0.2) is 0 Å². The molecule has 1 aliphatic rings. The smallest absolute Gasteiger partial charge is 0.269 e. The van der Waals surface area contributed by atoms with E-state index in [1.165, 1.54) is 12.1 Å². The summed E-state index contributed by atoms with van der Waals surface area (Å²) in [6.45, 7) is 0.388. The summed E-state index contributed by atoms with van der Waals surface area (Å²) in [6, 6.07) is 19.5. The molecule has 0 fully saturated rings. The maximum atomic E-state index is 13.3. The second kappa shape index (κ2) is 9.40. The number of methoxy groups -OCH3 is 2. The van der Waals surface area contributed by atoms with Crippen LogP contribution < -0.4 is 14.4 Å². The average molecular weight is 442 g/mol. The molecule has 1 aliphatic heterocycles. The lowest BCUT2D eigenvalue weighted by molar-refractivity contribution is -0.384. The van der Waals surface area contributed by atoms with Crippen molar-refractivity contribution in [2.24, 2.45) is 0 Å². The van der Waals surface area contributed by atoms with Gasteiger partial charge in [0.1, 0.15) is 0 Å². The molecule has 3 aromatic rings. The maximum absolute atomic E-state index is 13.3. The van der Waals surface area contributed by atoms with E-state index < -0.39 is 4.92 Å². The predicted octanol–water partition coefficient (Wildman–Crippen LogP) is 5.26. The lowest BCUT2D eigenvalue weighted by Crippen LogP contribution is -2.25. The minimum Gasteiger partial charge on any atom is -0.493 e. The van der Waals surface area contributed by atoms with Crippen molar-refractivity contribution in [3.63, 3.8) is 0 Å². The molecule has 0 aliphatic carbocycles. The first-order chi connectivity index (χ1) is 16.0. The first kappa shape index (κ1) is 21.8. The van der Waals surface area contributed by atoms with Crippen LogP contribution in [0.4, 0.5) is 11.4 Å². The van der Waals surface area contributed by atoms with Gasteiger partial charge in [0, 0.05) is 23.3 Å². The fraction of sp³-hybridized carbons (Fsp3) is 0.115. The summed E-state index contributed by atoms with van der Waals surface area (Å²) in [4.78, 5) is 25.4. The number of para-hydroxylation sites is 1. The van der Waals surface area contributed by atoms with Crippen LogP contribution in [0.1, 0.15) is 16.7 Å². The number of hydrogen-bond acceptors (Lipinski definition) is 5. The number of carbonyl (C=O) groups excluding carboxylic acids is 1. The maximum Gasteiger partial charge on any atom is 0.269 e. The van der Waals surface area contributed by atoms with Crippen molar-refractivity contribution in [1.82, 2.24) is 0 Å². The number of amides is 1. The molecule has 7 nitrogen and oxygen atoms in total. The van der Waals surface area contributed by atoms with Crippen LogP contribution in [-0.2, 0) is 11.3 Å². The molecule has 166 valence electrons. The molecule has 0 saturated heterocycles. The number of fused-ring (bicyclic) bond motifs is 1. The Bertz CT molecular complexity index is 1260. The van der Waals surface area contributed by atoms with Crippen molar-refractivity contribution in [1.29, 1.82) is 0 Å². The van der Waals surface area contributed by atoms with Crippen molar-refractivity contribution < 1.29 is 19.2 Å². The summed E-state index contributed by atoms with van der Waals surface area (Å²) >= 11 is 0. The van der Waals surface area contributed by atoms with Gasteiger partial charge >= 0.3 is 0 Å². The second-order valence-corrected chi connectivity index (χ2v) is 7.39. The molecular formula is C26H22N2O5. The summed E-state index contributed by atoms with van der Waals surface area (Å²) in [5, 5.41) is 10.8. The van der Waals surface area contributed by atoms with Crippen molar-refractivity contribution in [2.45, 2.75) is 6.54 Å². The molecule has 4 rings (SSSR count). The molecular weight excluding hydrogens is 420 g/mol. The number of non-ortho nitro benzene ring substituents is 1. The zero-order valence-electron chi connectivity index (χ0n) is 18.2. The van der Waals surface area contributed by atoms with Gasteiger partial charge in [0.15, 0.2) is 11.5 Å². The Morgan fingerprint density at radius 1 is 0.970 bits per heavy atom. The SMILES string of the molecule is COc1ccc(CN2C(=O)/C(=C\C=C\c3ccc([N+](=O)[O-])cc3)c3ccccc32)cc1OC. The summed E-state index contributed by atoms with van der Waals surface area (Å²) in [7, 11) is 3.16. The molecule has 0 N–H and O–H groups in total. The average Bonchev–Trinajstić information content (AvgIpc) is 3.10. The molecule has 1 amide bonds. The topological polar surface area (TPSA) is 81.9 Å². The van der Waals surface area contributed by atoms with Crippen LogP contribution in [0.2, 0.25) is 0 Å². The van der Waals surface area contributed by atoms with Crippen LogP contribution in [-0.4, -0.2) is 25.1 Å². The van der Waals surface area contributed by atoms with E-state index in [4.69, 9.17) is 9.47 Å². The fourth-order valence-electron chi connectivity index (χ4n) is 3.75. The number of anilines is 1. The van der Waals surface area contributed by atoms with Crippen molar-refractivity contribution in [2.75, 3.05) is 19.1 Å². The van der Waals surface area contributed by atoms with Gasteiger partial charge in [-0.05, 0) is 47.5 Å². The summed E-state index contributed by atoms with van der Waals surface area (Å²) < 4.78 is 10.7. The molecule has 0 atom stereocenters. The zero-order valence-corrected chi connectivity index (χ0v) is 18.2. The number of rotatable bonds is 7. The normalized spacial score (nSPS) is 14.1. The number of carbonyl (C=O) groups is 1. The minimum atomic E-state index is -0.434. The Labute approximate surface area is 191 Å². The Hall–Kier alpha value is -4.39. The summed E-state index contributed by atoms with van der Waals surface area (Å²) in [5.74, 6) is 1.14. The van der Waals surface area contributed by atoms with Crippen LogP contribution in [0.15, 0.2) is 78.9 Å². The highest BCUT2D eigenvalue weighted by Gasteiger charge is 2.31. The van der Waals surface area contributed by atoms with E-state index in [2.05, 4.69) is 0 Å². The number of nitrogens with zero attached hydrogens (tertiary/aromatic N) is 2. The Morgan fingerprint density at radius 2 is 1.70 bits per heavy atom. The van der Waals surface area contributed by atoms with E-state index in [0.717, 1.165) is 22.4 Å². The van der Waals surface area contributed by atoms with Crippen LogP contribution in [0.3, 0.4) is 0 Å². The van der Waals surface area contributed by atoms with Crippen LogP contribution in [0.5, 0.6) is 11.5 Å². The molecule has 0 saturated carbocycles. The second-order valence-electron chi connectivity index (χ2n) is 7.39. The largest absolute Gasteiger partial charge is 0.493 e. The molecule has 1 heterocycles. The van der Waals surface area contributed by atoms with Gasteiger partial charge in [-0.3, -0.25) is 14.9 Å². The number of allylic oxidation sites excluding steroid dienone is 2. The number of nitro groups is 1. The number of hydrogen-bond donors (Lipinski definition) is 0. The zero-order chi connectivity index (χ0) is 23.4. The lowest BCUT2D eigenvalue weighted by atomic mass is 10.1. The molecule has 33 heavy (non-hydrogen) atoms. The third-order valence-electron chi connectivity index (χ3n) is 5.40. The van der Waals surface area contributed by atoms with Gasteiger partial charge < -0.3 is 14.4 Å². The van der Waals surface area contributed by atoms with E-state index in [1.54, 1.807) is 43.4 Å². The number of benzene rings is 3. The van der Waals surface area contributed by atoms with E-state index in [1.807, 2.05) is 48.5 Å². The molecule has 0 spiro atoms. The third-order valence-corrected chi connectivity index (χ3v) is 5.40. The van der Waals surface area contributed by atoms with E-state index >= 15 is 0 Å². The highest BCUT2D eigenvalue weighted by molar-refractivity contribution is 6.32. The first-order valence-corrected chi connectivity index (χ1v) is 10.3. The molecule has 0 radical (unpaired) electrons. The van der Waals surface area contributed by atoms with Gasteiger partial charge in [0.25, 0.3) is 11.6 Å². The summed E-state index contributed by atoms with van der Waals surface area (Å²) in [5.41, 5.74) is 4.04. The van der Waals surface area contributed by atoms with E-state index in [0.29, 0.717) is 23.6 Å². The van der Waals surface area contributed by atoms with Crippen molar-refractivity contribution >= 4 is 28.9 Å². The molecule has 3 aromatic carbocycles. The fourth-order valence-corrected chi connectivity index (χ4v) is 3.75. The van der Waals surface area contributed by atoms with Crippen LogP contribution in [0.25, 0.3) is 11.6 Å². The van der Waals surface area contributed by atoms with E-state index in [9.17, 15) is 14.9 Å². The Morgan fingerprint density at radius 3 is 2.39 bits per heavy atom. The first-order valence-electron chi connectivity index (χ1n) is 10.3. The van der Waals surface area contributed by atoms with Crippen LogP contribution in [0, 0.1) is 10.1 Å². The lowest BCUT2D eigenvalue weighted by Gasteiger charge is -2.18. The number of ether oxygens (including phenoxy) is 2. The van der Waals surface area contributed by atoms with Gasteiger partial charge in [-0.2, -0.15) is 0 Å². The van der Waals surface area contributed by atoms with Crippen molar-refractivity contribution in [3.8, 4) is 11.5 Å². The quantitative estimate of drug-likeness (QED) is 0.283. The minimum absolute atomic E-state index is 0.0382. The third kappa shape index (κ3) is 4.48. The van der Waals surface area contributed by atoms with Gasteiger partial charge in [0.05, 0.1) is 31.4 Å². The number of nitro benzene ring substituents is 1. The molecule has 7 heteroatoms. The predicted molar refractivity (Wildman–Crippen MR) is 127 cm³/mol. The van der Waals surface area contributed by atoms with Crippen molar-refractivity contribution in [3.05, 3.63) is 106 Å². The monoisotopic (exact) mass is 442 g/mol. The molecule has 0 aromatic heterocycles.